The molecule has 0 radical (unpaired) electrons. The number of hydrogen-bond acceptors (Lipinski definition) is 2. The zero-order chi connectivity index (χ0) is 10.0. The van der Waals surface area contributed by atoms with Crippen LogP contribution in [0.15, 0.2) is 18.2 Å². The normalized spacial score (nSPS) is 8.93. The van der Waals surface area contributed by atoms with E-state index in [9.17, 15) is 9.59 Å². The Morgan fingerprint density at radius 3 is 1.71 bits per heavy atom. The molecule has 14 heavy (non-hydrogen) atoms. The van der Waals surface area contributed by atoms with E-state index in [0.29, 0.717) is 0 Å². The number of rotatable bonds is 2. The van der Waals surface area contributed by atoms with Gasteiger partial charge < -0.3 is 10.2 Å². The van der Waals surface area contributed by atoms with Crippen LogP contribution < -0.4 is 0 Å². The second-order valence-electron chi connectivity index (χ2n) is 2.59. The molecule has 0 saturated heterocycles. The van der Waals surface area contributed by atoms with Crippen molar-refractivity contribution in [3.05, 3.63) is 34.9 Å². The second kappa shape index (κ2) is 4.66. The van der Waals surface area contributed by atoms with Gasteiger partial charge in [-0.15, -0.1) is 0 Å². The van der Waals surface area contributed by atoms with E-state index in [0.717, 1.165) is 0 Å². The summed E-state index contributed by atoms with van der Waals surface area (Å²) in [5, 5.41) is 17.4. The Bertz CT molecular complexity index is 341. The van der Waals surface area contributed by atoms with Crippen LogP contribution in [0.4, 0.5) is 0 Å². The van der Waals surface area contributed by atoms with Crippen molar-refractivity contribution in [1.29, 1.82) is 0 Å². The number of aromatic carboxylic acids is 2. The van der Waals surface area contributed by atoms with Crippen molar-refractivity contribution >= 4 is 25.4 Å². The van der Waals surface area contributed by atoms with Crippen LogP contribution in [0.25, 0.3) is 0 Å². The number of hydrogen-bond donors (Lipinski definition) is 2. The fourth-order valence-corrected chi connectivity index (χ4v) is 1.10. The lowest BCUT2D eigenvalue weighted by Crippen LogP contribution is -2.06. The minimum absolute atomic E-state index is 0. The van der Waals surface area contributed by atoms with Gasteiger partial charge in [0.05, 0.1) is 11.1 Å². The summed E-state index contributed by atoms with van der Waals surface area (Å²) in [5.41, 5.74) is 0.335. The van der Waals surface area contributed by atoms with Crippen LogP contribution in [0.5, 0.6) is 0 Å². The standard InChI is InChI=1S/C9H8O4.H2S/c1-5-6(8(10)11)3-2-4-7(5)9(12)13;/h2-4H,1H3,(H,10,11)(H,12,13);1H2. The van der Waals surface area contributed by atoms with Crippen LogP contribution >= 0.6 is 13.5 Å². The minimum Gasteiger partial charge on any atom is -0.478 e. The molecule has 0 spiro atoms. The molecule has 76 valence electrons. The van der Waals surface area contributed by atoms with Gasteiger partial charge in [0.1, 0.15) is 0 Å². The molecule has 0 unspecified atom stereocenters. The Kier molecular flexibility index (Phi) is 4.17. The van der Waals surface area contributed by atoms with Crippen molar-refractivity contribution in [3.8, 4) is 0 Å². The third-order valence-corrected chi connectivity index (χ3v) is 1.79. The zero-order valence-corrected chi connectivity index (χ0v) is 8.44. The van der Waals surface area contributed by atoms with Crippen LogP contribution in [0.3, 0.4) is 0 Å². The molecule has 0 atom stereocenters. The van der Waals surface area contributed by atoms with Crippen LogP contribution in [-0.2, 0) is 0 Å². The molecular weight excluding hydrogens is 204 g/mol. The van der Waals surface area contributed by atoms with E-state index in [4.69, 9.17) is 10.2 Å². The summed E-state index contributed by atoms with van der Waals surface area (Å²) in [6, 6.07) is 4.17. The molecule has 0 aliphatic carbocycles. The van der Waals surface area contributed by atoms with Gasteiger partial charge in [-0.05, 0) is 24.6 Å². The van der Waals surface area contributed by atoms with Gasteiger partial charge in [0.2, 0.25) is 0 Å². The molecule has 5 heteroatoms. The Morgan fingerprint density at radius 2 is 1.43 bits per heavy atom. The average Bonchev–Trinajstić information content (AvgIpc) is 2.03. The SMILES string of the molecule is Cc1c(C(=O)O)cccc1C(=O)O.S. The van der Waals surface area contributed by atoms with Crippen LogP contribution in [0.1, 0.15) is 26.3 Å². The lowest BCUT2D eigenvalue weighted by atomic mass is 10.0. The van der Waals surface area contributed by atoms with Crippen molar-refractivity contribution in [2.45, 2.75) is 6.92 Å². The predicted octanol–water partition coefficient (Wildman–Crippen LogP) is 1.50. The molecule has 1 rings (SSSR count). The van der Waals surface area contributed by atoms with E-state index in [-0.39, 0.29) is 30.2 Å². The van der Waals surface area contributed by atoms with Gasteiger partial charge in [0.25, 0.3) is 0 Å². The monoisotopic (exact) mass is 214 g/mol. The highest BCUT2D eigenvalue weighted by Crippen LogP contribution is 2.13. The molecule has 4 nitrogen and oxygen atoms in total. The van der Waals surface area contributed by atoms with E-state index < -0.39 is 11.9 Å². The van der Waals surface area contributed by atoms with Gasteiger partial charge in [-0.3, -0.25) is 0 Å². The van der Waals surface area contributed by atoms with Gasteiger partial charge in [0.15, 0.2) is 0 Å². The molecule has 0 aromatic heterocycles. The summed E-state index contributed by atoms with van der Waals surface area (Å²) in [4.78, 5) is 21.2. The molecule has 2 N–H and O–H groups in total. The van der Waals surface area contributed by atoms with E-state index in [1.54, 1.807) is 0 Å². The maximum atomic E-state index is 10.6. The van der Waals surface area contributed by atoms with E-state index in [1.165, 1.54) is 25.1 Å². The molecule has 0 heterocycles. The van der Waals surface area contributed by atoms with Gasteiger partial charge in [-0.25, -0.2) is 9.59 Å². The highest BCUT2D eigenvalue weighted by atomic mass is 32.1. The molecule has 0 aliphatic heterocycles. The molecule has 0 aliphatic rings. The topological polar surface area (TPSA) is 74.6 Å². The second-order valence-corrected chi connectivity index (χ2v) is 2.59. The first-order valence-electron chi connectivity index (χ1n) is 3.60. The third kappa shape index (κ3) is 2.26. The Labute approximate surface area is 87.6 Å². The fraction of sp³-hybridized carbons (Fsp3) is 0.111. The molecular formula is C9H10O4S. The van der Waals surface area contributed by atoms with E-state index in [2.05, 4.69) is 0 Å². The van der Waals surface area contributed by atoms with Crippen molar-refractivity contribution in [1.82, 2.24) is 0 Å². The summed E-state index contributed by atoms with van der Waals surface area (Å²) >= 11 is 0. The highest BCUT2D eigenvalue weighted by Gasteiger charge is 2.13. The first-order valence-corrected chi connectivity index (χ1v) is 3.60. The van der Waals surface area contributed by atoms with Crippen molar-refractivity contribution < 1.29 is 19.8 Å². The first-order chi connectivity index (χ1) is 6.04. The molecule has 0 fully saturated rings. The smallest absolute Gasteiger partial charge is 0.335 e. The number of benzene rings is 1. The van der Waals surface area contributed by atoms with Gasteiger partial charge in [-0.1, -0.05) is 6.07 Å². The molecule has 0 bridgehead atoms. The number of carbonyl (C=O) groups is 2. The lowest BCUT2D eigenvalue weighted by molar-refractivity contribution is 0.0696. The highest BCUT2D eigenvalue weighted by molar-refractivity contribution is 7.59. The third-order valence-electron chi connectivity index (χ3n) is 1.79. The Hall–Kier alpha value is -1.49. The van der Waals surface area contributed by atoms with E-state index >= 15 is 0 Å². The largest absolute Gasteiger partial charge is 0.478 e. The summed E-state index contributed by atoms with van der Waals surface area (Å²) in [6.07, 6.45) is 0. The minimum atomic E-state index is -1.11. The summed E-state index contributed by atoms with van der Waals surface area (Å²) < 4.78 is 0. The van der Waals surface area contributed by atoms with Crippen LogP contribution in [0, 0.1) is 6.92 Å². The molecule has 1 aromatic rings. The lowest BCUT2D eigenvalue weighted by Gasteiger charge is -2.03. The summed E-state index contributed by atoms with van der Waals surface area (Å²) in [6.45, 7) is 1.48. The molecule has 0 amide bonds. The average molecular weight is 214 g/mol. The Morgan fingerprint density at radius 1 is 1.07 bits per heavy atom. The first kappa shape index (κ1) is 12.5. The van der Waals surface area contributed by atoms with Gasteiger partial charge in [0, 0.05) is 0 Å². The number of carboxylic acids is 2. The molecule has 1 aromatic carbocycles. The van der Waals surface area contributed by atoms with Crippen molar-refractivity contribution in [3.63, 3.8) is 0 Å². The van der Waals surface area contributed by atoms with Crippen LogP contribution in [-0.4, -0.2) is 22.2 Å². The Balaban J connectivity index is 0.00000169. The van der Waals surface area contributed by atoms with Crippen molar-refractivity contribution in [2.75, 3.05) is 0 Å². The maximum absolute atomic E-state index is 10.6. The zero-order valence-electron chi connectivity index (χ0n) is 7.44. The van der Waals surface area contributed by atoms with Crippen molar-refractivity contribution in [2.24, 2.45) is 0 Å². The maximum Gasteiger partial charge on any atom is 0.335 e. The quantitative estimate of drug-likeness (QED) is 0.782. The summed E-state index contributed by atoms with van der Waals surface area (Å²) in [5.74, 6) is -2.22. The fourth-order valence-electron chi connectivity index (χ4n) is 1.10. The van der Waals surface area contributed by atoms with E-state index in [1.807, 2.05) is 0 Å². The van der Waals surface area contributed by atoms with Gasteiger partial charge in [-0.2, -0.15) is 13.5 Å². The molecule has 0 saturated carbocycles. The summed E-state index contributed by atoms with van der Waals surface area (Å²) in [7, 11) is 0. The van der Waals surface area contributed by atoms with Gasteiger partial charge >= 0.3 is 11.9 Å². The number of carboxylic acid groups (broad SMARTS) is 2. The van der Waals surface area contributed by atoms with Crippen LogP contribution in [0.2, 0.25) is 0 Å². The predicted molar refractivity (Wildman–Crippen MR) is 55.5 cm³/mol.